The van der Waals surface area contributed by atoms with Crippen molar-refractivity contribution in [1.82, 2.24) is 5.32 Å². The predicted octanol–water partition coefficient (Wildman–Crippen LogP) is 3.94. The van der Waals surface area contributed by atoms with Gasteiger partial charge in [0.15, 0.2) is 0 Å². The first-order chi connectivity index (χ1) is 8.88. The van der Waals surface area contributed by atoms with Crippen molar-refractivity contribution in [1.29, 1.82) is 0 Å². The molecule has 1 rings (SSSR count). The average molecular weight is 376 g/mol. The molecule has 0 saturated heterocycles. The highest BCUT2D eigenvalue weighted by Crippen LogP contribution is 2.35. The maximum atomic E-state index is 11.3. The van der Waals surface area contributed by atoms with Gasteiger partial charge < -0.3 is 5.32 Å². The van der Waals surface area contributed by atoms with Crippen molar-refractivity contribution >= 4 is 28.3 Å². The maximum Gasteiger partial charge on any atom is 0.273 e. The van der Waals surface area contributed by atoms with Crippen LogP contribution in [0.2, 0.25) is 0 Å². The number of halogens is 1. The van der Waals surface area contributed by atoms with Crippen LogP contribution in [0.5, 0.6) is 0 Å². The molecule has 19 heavy (non-hydrogen) atoms. The molecule has 0 amide bonds. The monoisotopic (exact) mass is 376 g/mol. The van der Waals surface area contributed by atoms with Crippen LogP contribution < -0.4 is 5.32 Å². The zero-order valence-corrected chi connectivity index (χ0v) is 14.0. The van der Waals surface area contributed by atoms with Gasteiger partial charge in [-0.2, -0.15) is 0 Å². The molecule has 106 valence electrons. The van der Waals surface area contributed by atoms with Crippen LogP contribution in [0.4, 0.5) is 5.69 Å². The van der Waals surface area contributed by atoms with Crippen LogP contribution in [0.25, 0.3) is 0 Å². The van der Waals surface area contributed by atoms with Gasteiger partial charge in [-0.3, -0.25) is 10.1 Å². The van der Waals surface area contributed by atoms with Gasteiger partial charge in [0.25, 0.3) is 5.69 Å². The van der Waals surface area contributed by atoms with Crippen molar-refractivity contribution in [3.8, 4) is 0 Å². The quantitative estimate of drug-likeness (QED) is 0.465. The van der Waals surface area contributed by atoms with Gasteiger partial charge in [0.1, 0.15) is 0 Å². The number of nitrogens with one attached hydrogen (secondary N) is 1. The van der Waals surface area contributed by atoms with E-state index in [-0.39, 0.29) is 22.6 Å². The zero-order chi connectivity index (χ0) is 14.6. The first-order valence-electron chi connectivity index (χ1n) is 6.55. The number of nitro benzene ring substituents is 1. The Bertz CT molecular complexity index is 449. The molecule has 2 unspecified atom stereocenters. The molecule has 0 aliphatic carbocycles. The van der Waals surface area contributed by atoms with E-state index in [4.69, 9.17) is 0 Å². The first kappa shape index (κ1) is 16.4. The lowest BCUT2D eigenvalue weighted by atomic mass is 9.82. The van der Waals surface area contributed by atoms with Gasteiger partial charge >= 0.3 is 0 Å². The summed E-state index contributed by atoms with van der Waals surface area (Å²) in [6.45, 7) is 9.23. The average Bonchev–Trinajstić information content (AvgIpc) is 2.31. The Labute approximate surface area is 128 Å². The second-order valence-electron chi connectivity index (χ2n) is 5.08. The van der Waals surface area contributed by atoms with Crippen LogP contribution in [-0.2, 0) is 0 Å². The fraction of sp³-hybridized carbons (Fsp3) is 0.571. The lowest BCUT2D eigenvalue weighted by molar-refractivity contribution is -0.385. The first-order valence-corrected chi connectivity index (χ1v) is 7.63. The van der Waals surface area contributed by atoms with Crippen molar-refractivity contribution in [2.75, 3.05) is 6.54 Å². The predicted molar refractivity (Wildman–Crippen MR) is 86.5 cm³/mol. The summed E-state index contributed by atoms with van der Waals surface area (Å²) in [5.74, 6) is 0.477. The second kappa shape index (κ2) is 7.19. The lowest BCUT2D eigenvalue weighted by Crippen LogP contribution is -2.34. The number of nitrogens with zero attached hydrogens (tertiary/aromatic N) is 1. The SMILES string of the molecule is CCNC(C)C(c1ccc(I)cc1[N+](=O)[O-])C(C)C. The Kier molecular flexibility index (Phi) is 6.19. The van der Waals surface area contributed by atoms with Crippen molar-refractivity contribution in [3.05, 3.63) is 37.4 Å². The molecule has 0 aromatic heterocycles. The summed E-state index contributed by atoms with van der Waals surface area (Å²) in [4.78, 5) is 11.0. The number of nitro groups is 1. The molecule has 0 fully saturated rings. The summed E-state index contributed by atoms with van der Waals surface area (Å²) in [7, 11) is 0. The topological polar surface area (TPSA) is 55.2 Å². The summed E-state index contributed by atoms with van der Waals surface area (Å²) >= 11 is 2.11. The van der Waals surface area contributed by atoms with E-state index in [1.807, 2.05) is 12.1 Å². The number of rotatable bonds is 6. The number of benzene rings is 1. The van der Waals surface area contributed by atoms with E-state index < -0.39 is 0 Å². The van der Waals surface area contributed by atoms with E-state index >= 15 is 0 Å². The molecule has 0 spiro atoms. The Morgan fingerprint density at radius 2 is 2.00 bits per heavy atom. The number of likely N-dealkylation sites (N-methyl/N-ethyl adjacent to an activating group) is 1. The molecule has 0 radical (unpaired) electrons. The highest BCUT2D eigenvalue weighted by Gasteiger charge is 2.28. The molecular weight excluding hydrogens is 355 g/mol. The van der Waals surface area contributed by atoms with Gasteiger partial charge in [-0.25, -0.2) is 0 Å². The standard InChI is InChI=1S/C14H21IN2O2/c1-5-16-10(4)14(9(2)3)12-7-6-11(15)8-13(12)17(18)19/h6-10,14,16H,5H2,1-4H3. The molecule has 2 atom stereocenters. The molecule has 0 aliphatic rings. The fourth-order valence-corrected chi connectivity index (χ4v) is 3.09. The Morgan fingerprint density at radius 1 is 1.37 bits per heavy atom. The van der Waals surface area contributed by atoms with Gasteiger partial charge in [0.05, 0.1) is 4.92 Å². The van der Waals surface area contributed by atoms with Gasteiger partial charge in [0.2, 0.25) is 0 Å². The van der Waals surface area contributed by atoms with E-state index in [2.05, 4.69) is 55.6 Å². The molecule has 0 aliphatic heterocycles. The fourth-order valence-electron chi connectivity index (χ4n) is 2.61. The van der Waals surface area contributed by atoms with Gasteiger partial charge in [-0.05, 0) is 48.0 Å². The summed E-state index contributed by atoms with van der Waals surface area (Å²) in [6, 6.07) is 5.71. The minimum absolute atomic E-state index is 0.136. The van der Waals surface area contributed by atoms with Gasteiger partial charge in [-0.1, -0.05) is 26.8 Å². The largest absolute Gasteiger partial charge is 0.314 e. The van der Waals surface area contributed by atoms with Crippen LogP contribution in [0.1, 0.15) is 39.2 Å². The van der Waals surface area contributed by atoms with E-state index in [1.165, 1.54) is 0 Å². The molecular formula is C14H21IN2O2. The summed E-state index contributed by atoms with van der Waals surface area (Å²) < 4.78 is 0.895. The molecule has 1 aromatic rings. The molecule has 5 heteroatoms. The van der Waals surface area contributed by atoms with E-state index in [1.54, 1.807) is 6.07 Å². The third kappa shape index (κ3) is 4.14. The summed E-state index contributed by atoms with van der Waals surface area (Å²) in [6.07, 6.45) is 0. The van der Waals surface area contributed by atoms with Crippen LogP contribution in [0, 0.1) is 19.6 Å². The molecule has 0 saturated carbocycles. The van der Waals surface area contributed by atoms with Crippen molar-refractivity contribution in [2.24, 2.45) is 5.92 Å². The molecule has 0 heterocycles. The van der Waals surface area contributed by atoms with E-state index in [0.29, 0.717) is 5.92 Å². The van der Waals surface area contributed by atoms with Crippen molar-refractivity contribution < 1.29 is 4.92 Å². The van der Waals surface area contributed by atoms with Crippen molar-refractivity contribution in [3.63, 3.8) is 0 Å². The molecule has 0 bridgehead atoms. The molecule has 1 aromatic carbocycles. The summed E-state index contributed by atoms with van der Waals surface area (Å²) in [5, 5.41) is 14.6. The van der Waals surface area contributed by atoms with Crippen LogP contribution >= 0.6 is 22.6 Å². The van der Waals surface area contributed by atoms with E-state index in [9.17, 15) is 10.1 Å². The van der Waals surface area contributed by atoms with Gasteiger partial charge in [0, 0.05) is 27.2 Å². The third-order valence-electron chi connectivity index (χ3n) is 3.33. The lowest BCUT2D eigenvalue weighted by Gasteiger charge is -2.28. The number of hydrogen-bond donors (Lipinski definition) is 1. The smallest absolute Gasteiger partial charge is 0.273 e. The normalized spacial score (nSPS) is 14.4. The second-order valence-corrected chi connectivity index (χ2v) is 6.32. The van der Waals surface area contributed by atoms with Crippen LogP contribution in [0.15, 0.2) is 18.2 Å². The zero-order valence-electron chi connectivity index (χ0n) is 11.8. The van der Waals surface area contributed by atoms with Crippen LogP contribution in [0.3, 0.4) is 0 Å². The van der Waals surface area contributed by atoms with Crippen molar-refractivity contribution in [2.45, 2.75) is 39.7 Å². The minimum Gasteiger partial charge on any atom is -0.314 e. The minimum atomic E-state index is -0.272. The highest BCUT2D eigenvalue weighted by molar-refractivity contribution is 14.1. The highest BCUT2D eigenvalue weighted by atomic mass is 127. The molecule has 4 nitrogen and oxygen atoms in total. The van der Waals surface area contributed by atoms with Crippen LogP contribution in [-0.4, -0.2) is 17.5 Å². The number of hydrogen-bond acceptors (Lipinski definition) is 3. The Hall–Kier alpha value is -0.690. The van der Waals surface area contributed by atoms with E-state index in [0.717, 1.165) is 15.7 Å². The maximum absolute atomic E-state index is 11.3. The van der Waals surface area contributed by atoms with Gasteiger partial charge in [-0.15, -0.1) is 0 Å². The molecule has 1 N–H and O–H groups in total. The summed E-state index contributed by atoms with van der Waals surface area (Å²) in [5.41, 5.74) is 1.06. The Morgan fingerprint density at radius 3 is 2.47 bits per heavy atom. The third-order valence-corrected chi connectivity index (χ3v) is 4.00. The Balaban J connectivity index is 3.26.